The Morgan fingerprint density at radius 2 is 2.18 bits per heavy atom. The molecule has 0 atom stereocenters. The summed E-state index contributed by atoms with van der Waals surface area (Å²) >= 11 is 0. The van der Waals surface area contributed by atoms with Gasteiger partial charge in [-0.2, -0.15) is 0 Å². The number of rotatable bonds is 1. The SMILES string of the molecule is CB1C=c2c(oc3ncccc23)=CN1c1cc(C)cc[n+]1C. The van der Waals surface area contributed by atoms with Crippen molar-refractivity contribution in [2.75, 3.05) is 4.81 Å². The summed E-state index contributed by atoms with van der Waals surface area (Å²) in [5.74, 6) is 3.38. The lowest BCUT2D eigenvalue weighted by atomic mass is 9.61. The molecule has 3 aromatic rings. The summed E-state index contributed by atoms with van der Waals surface area (Å²) in [7, 11) is 2.06. The molecule has 3 aromatic heterocycles. The number of fused-ring (bicyclic) bond motifs is 3. The van der Waals surface area contributed by atoms with Gasteiger partial charge in [0, 0.05) is 22.9 Å². The lowest BCUT2D eigenvalue weighted by Gasteiger charge is -2.18. The zero-order chi connectivity index (χ0) is 15.3. The van der Waals surface area contributed by atoms with Crippen molar-refractivity contribution < 1.29 is 8.98 Å². The van der Waals surface area contributed by atoms with Gasteiger partial charge in [-0.3, -0.25) is 4.81 Å². The van der Waals surface area contributed by atoms with E-state index in [0.29, 0.717) is 5.71 Å². The van der Waals surface area contributed by atoms with Crippen LogP contribution in [-0.4, -0.2) is 11.8 Å². The minimum absolute atomic E-state index is 0.251. The van der Waals surface area contributed by atoms with Crippen molar-refractivity contribution in [2.45, 2.75) is 13.7 Å². The second-order valence-corrected chi connectivity index (χ2v) is 5.85. The first-order chi connectivity index (χ1) is 10.6. The van der Waals surface area contributed by atoms with E-state index in [1.807, 2.05) is 6.07 Å². The molecular weight excluding hydrogens is 273 g/mol. The number of furan rings is 1. The lowest BCUT2D eigenvalue weighted by Crippen LogP contribution is -2.47. The molecule has 0 spiro atoms. The van der Waals surface area contributed by atoms with Crippen molar-refractivity contribution in [3.05, 3.63) is 52.9 Å². The van der Waals surface area contributed by atoms with E-state index in [0.717, 1.165) is 21.8 Å². The number of hydrogen-bond donors (Lipinski definition) is 0. The van der Waals surface area contributed by atoms with Crippen LogP contribution < -0.4 is 20.0 Å². The number of aromatic nitrogens is 2. The molecule has 4 heterocycles. The molecule has 108 valence electrons. The number of anilines is 1. The number of hydrogen-bond acceptors (Lipinski definition) is 3. The van der Waals surface area contributed by atoms with Crippen LogP contribution in [0.1, 0.15) is 5.56 Å². The van der Waals surface area contributed by atoms with Crippen LogP contribution in [-0.2, 0) is 7.05 Å². The lowest BCUT2D eigenvalue weighted by molar-refractivity contribution is -0.658. The molecular formula is C17H17BN3O+. The first-order valence-electron chi connectivity index (χ1n) is 7.45. The zero-order valence-electron chi connectivity index (χ0n) is 12.9. The molecule has 4 rings (SSSR count). The normalized spacial score (nSPS) is 13.8. The molecule has 0 fully saturated rings. The van der Waals surface area contributed by atoms with E-state index in [1.165, 1.54) is 5.56 Å². The highest BCUT2D eigenvalue weighted by Gasteiger charge is 2.29. The van der Waals surface area contributed by atoms with E-state index in [-0.39, 0.29) is 6.85 Å². The second-order valence-electron chi connectivity index (χ2n) is 5.85. The highest BCUT2D eigenvalue weighted by Crippen LogP contribution is 2.15. The Morgan fingerprint density at radius 1 is 1.32 bits per heavy atom. The molecule has 1 aliphatic rings. The van der Waals surface area contributed by atoms with E-state index in [4.69, 9.17) is 4.42 Å². The Bertz CT molecular complexity index is 993. The molecule has 0 N–H and O–H groups in total. The minimum Gasteiger partial charge on any atom is -0.434 e. The quantitative estimate of drug-likeness (QED) is 0.498. The average Bonchev–Trinajstić information content (AvgIpc) is 2.87. The van der Waals surface area contributed by atoms with Gasteiger partial charge in [0.2, 0.25) is 5.71 Å². The topological polar surface area (TPSA) is 33.2 Å². The second kappa shape index (κ2) is 4.73. The van der Waals surface area contributed by atoms with Crippen LogP contribution in [0, 0.1) is 6.92 Å². The van der Waals surface area contributed by atoms with E-state index >= 15 is 0 Å². The van der Waals surface area contributed by atoms with Gasteiger partial charge in [-0.05, 0) is 37.5 Å². The van der Waals surface area contributed by atoms with Crippen molar-refractivity contribution >= 4 is 35.9 Å². The first kappa shape index (κ1) is 13.1. The van der Waals surface area contributed by atoms with Gasteiger partial charge in [-0.25, -0.2) is 9.55 Å². The molecule has 0 saturated carbocycles. The van der Waals surface area contributed by atoms with Crippen molar-refractivity contribution in [1.82, 2.24) is 4.98 Å². The number of aryl methyl sites for hydroxylation is 2. The maximum atomic E-state index is 5.91. The summed E-state index contributed by atoms with van der Waals surface area (Å²) in [5, 5.41) is 2.22. The van der Waals surface area contributed by atoms with Gasteiger partial charge in [0.1, 0.15) is 6.20 Å². The third kappa shape index (κ3) is 1.93. The Balaban J connectivity index is 1.96. The summed E-state index contributed by atoms with van der Waals surface area (Å²) in [4.78, 5) is 6.54. The van der Waals surface area contributed by atoms with Gasteiger partial charge in [0.15, 0.2) is 5.42 Å². The number of nitrogens with zero attached hydrogens (tertiary/aromatic N) is 3. The molecule has 22 heavy (non-hydrogen) atoms. The molecule has 0 aromatic carbocycles. The van der Waals surface area contributed by atoms with E-state index in [1.54, 1.807) is 6.20 Å². The van der Waals surface area contributed by atoms with Crippen molar-refractivity contribution in [3.8, 4) is 0 Å². The highest BCUT2D eigenvalue weighted by molar-refractivity contribution is 6.77. The zero-order valence-corrected chi connectivity index (χ0v) is 12.9. The van der Waals surface area contributed by atoms with E-state index < -0.39 is 0 Å². The van der Waals surface area contributed by atoms with Gasteiger partial charge in [0.05, 0.1) is 13.2 Å². The van der Waals surface area contributed by atoms with Gasteiger partial charge < -0.3 is 4.42 Å². The Hall–Kier alpha value is -2.56. The predicted octanol–water partition coefficient (Wildman–Crippen LogP) is 1.16. The van der Waals surface area contributed by atoms with Crippen LogP contribution in [0.15, 0.2) is 41.1 Å². The molecule has 0 radical (unpaired) electrons. The van der Waals surface area contributed by atoms with Gasteiger partial charge in [0.25, 0.3) is 5.82 Å². The van der Waals surface area contributed by atoms with Crippen molar-refractivity contribution in [3.63, 3.8) is 0 Å². The van der Waals surface area contributed by atoms with Crippen LogP contribution >= 0.6 is 0 Å². The predicted molar refractivity (Wildman–Crippen MR) is 88.6 cm³/mol. The van der Waals surface area contributed by atoms with Gasteiger partial charge in [-0.15, -0.1) is 0 Å². The maximum Gasteiger partial charge on any atom is 0.402 e. The third-order valence-corrected chi connectivity index (χ3v) is 4.18. The molecule has 0 unspecified atom stereocenters. The summed E-state index contributed by atoms with van der Waals surface area (Å²) in [6, 6.07) is 8.30. The van der Waals surface area contributed by atoms with Crippen LogP contribution in [0.4, 0.5) is 5.82 Å². The fraction of sp³-hybridized carbons (Fsp3) is 0.176. The molecule has 0 saturated heterocycles. The summed E-state index contributed by atoms with van der Waals surface area (Å²) in [6.07, 6.45) is 5.93. The summed E-state index contributed by atoms with van der Waals surface area (Å²) in [6.45, 7) is 4.55. The third-order valence-electron chi connectivity index (χ3n) is 4.18. The largest absolute Gasteiger partial charge is 0.434 e. The fourth-order valence-electron chi connectivity index (χ4n) is 2.99. The van der Waals surface area contributed by atoms with Crippen molar-refractivity contribution in [2.24, 2.45) is 7.05 Å². The van der Waals surface area contributed by atoms with Crippen LogP contribution in [0.5, 0.6) is 0 Å². The standard InChI is InChI=1S/C17H17BN3O/c1-12-6-8-20(3)16(9-12)21-11-15-14(10-18(21)2)13-5-4-7-19-17(13)22-15/h4-11H,1-3H3/q+1. The molecule has 5 heteroatoms. The van der Waals surface area contributed by atoms with Crippen LogP contribution in [0.2, 0.25) is 6.82 Å². The number of pyridine rings is 2. The van der Waals surface area contributed by atoms with Crippen LogP contribution in [0.3, 0.4) is 0 Å². The van der Waals surface area contributed by atoms with Crippen LogP contribution in [0.25, 0.3) is 23.3 Å². The van der Waals surface area contributed by atoms with E-state index in [2.05, 4.69) is 71.7 Å². The maximum absolute atomic E-state index is 5.91. The summed E-state index contributed by atoms with van der Waals surface area (Å²) in [5.41, 5.74) is 2.81. The molecule has 1 aliphatic heterocycles. The fourth-order valence-corrected chi connectivity index (χ4v) is 2.99. The monoisotopic (exact) mass is 290 g/mol. The van der Waals surface area contributed by atoms with Gasteiger partial charge in [-0.1, -0.05) is 5.98 Å². The van der Waals surface area contributed by atoms with E-state index in [9.17, 15) is 0 Å². The Labute approximate surface area is 129 Å². The van der Waals surface area contributed by atoms with Gasteiger partial charge >= 0.3 is 6.85 Å². The average molecular weight is 290 g/mol. The Morgan fingerprint density at radius 3 is 3.05 bits per heavy atom. The smallest absolute Gasteiger partial charge is 0.402 e. The molecule has 4 nitrogen and oxygen atoms in total. The molecule has 0 aliphatic carbocycles. The summed E-state index contributed by atoms with van der Waals surface area (Å²) < 4.78 is 8.04. The molecule has 0 amide bonds. The highest BCUT2D eigenvalue weighted by atomic mass is 16.3. The molecule has 0 bridgehead atoms. The Kier molecular flexibility index (Phi) is 2.82. The first-order valence-corrected chi connectivity index (χ1v) is 7.45. The van der Waals surface area contributed by atoms with Crippen molar-refractivity contribution in [1.29, 1.82) is 0 Å². The minimum atomic E-state index is 0.251.